The molecule has 4 heteroatoms. The lowest BCUT2D eigenvalue weighted by molar-refractivity contribution is -0.121. The molecule has 1 unspecified atom stereocenters. The van der Waals surface area contributed by atoms with Crippen LogP contribution in [0.15, 0.2) is 12.1 Å². The molecule has 1 aromatic heterocycles. The largest absolute Gasteiger partial charge is 0.370 e. The summed E-state index contributed by atoms with van der Waals surface area (Å²) in [6, 6.07) is 4.42. The number of hydrogen-bond acceptors (Lipinski definition) is 3. The van der Waals surface area contributed by atoms with Crippen LogP contribution in [0.3, 0.4) is 0 Å². The first-order chi connectivity index (χ1) is 9.19. The molecule has 2 rings (SSSR count). The first-order valence-electron chi connectivity index (χ1n) is 7.21. The highest BCUT2D eigenvalue weighted by molar-refractivity contribution is 5.76. The van der Waals surface area contributed by atoms with Gasteiger partial charge in [0.25, 0.3) is 0 Å². The molecule has 2 N–H and O–H groups in total. The summed E-state index contributed by atoms with van der Waals surface area (Å²) in [5.41, 5.74) is 2.59. The molecule has 0 saturated carbocycles. The number of aryl methyl sites for hydroxylation is 2. The van der Waals surface area contributed by atoms with Crippen molar-refractivity contribution in [1.82, 2.24) is 10.3 Å². The highest BCUT2D eigenvalue weighted by Gasteiger charge is 2.12. The maximum atomic E-state index is 11.6. The van der Waals surface area contributed by atoms with E-state index in [9.17, 15) is 4.79 Å². The van der Waals surface area contributed by atoms with Gasteiger partial charge in [-0.1, -0.05) is 13.0 Å². The minimum absolute atomic E-state index is 0.100. The number of carbonyl (C=O) groups excluding carboxylic acids is 1. The van der Waals surface area contributed by atoms with Gasteiger partial charge < -0.3 is 10.6 Å². The molecule has 0 spiro atoms. The molecule has 0 radical (unpaired) electrons. The van der Waals surface area contributed by atoms with Crippen LogP contribution in [0.25, 0.3) is 0 Å². The minimum atomic E-state index is 0.100. The van der Waals surface area contributed by atoms with Gasteiger partial charge in [-0.15, -0.1) is 0 Å². The van der Waals surface area contributed by atoms with E-state index in [-0.39, 0.29) is 11.9 Å². The quantitative estimate of drug-likeness (QED) is 0.826. The van der Waals surface area contributed by atoms with Gasteiger partial charge in [-0.3, -0.25) is 4.79 Å². The third-order valence-electron chi connectivity index (χ3n) is 3.61. The molecule has 0 aromatic carbocycles. The van der Waals surface area contributed by atoms with Crippen molar-refractivity contribution in [2.75, 3.05) is 11.9 Å². The fraction of sp³-hybridized carbons (Fsp3) is 0.600. The summed E-state index contributed by atoms with van der Waals surface area (Å²) in [6.45, 7) is 4.72. The number of hydrogen-bond donors (Lipinski definition) is 2. The lowest BCUT2D eigenvalue weighted by Gasteiger charge is -2.12. The second-order valence-corrected chi connectivity index (χ2v) is 5.21. The van der Waals surface area contributed by atoms with Crippen LogP contribution in [0.2, 0.25) is 0 Å². The molecular formula is C15H23N3O. The van der Waals surface area contributed by atoms with Crippen molar-refractivity contribution in [2.45, 2.75) is 52.0 Å². The molecule has 0 bridgehead atoms. The van der Waals surface area contributed by atoms with Crippen LogP contribution in [-0.2, 0) is 17.6 Å². The fourth-order valence-corrected chi connectivity index (χ4v) is 2.27. The smallest absolute Gasteiger partial charge is 0.221 e. The summed E-state index contributed by atoms with van der Waals surface area (Å²) in [5.74, 6) is 0.986. The maximum absolute atomic E-state index is 11.6. The Bertz CT molecular complexity index is 445. The number of amides is 1. The Morgan fingerprint density at radius 2 is 2.26 bits per heavy atom. The Balaban J connectivity index is 1.75. The monoisotopic (exact) mass is 261 g/mol. The first-order valence-corrected chi connectivity index (χ1v) is 7.21. The molecule has 1 aliphatic carbocycles. The van der Waals surface area contributed by atoms with Gasteiger partial charge in [0.05, 0.1) is 0 Å². The molecule has 1 heterocycles. The van der Waals surface area contributed by atoms with Gasteiger partial charge in [0.1, 0.15) is 5.82 Å². The van der Waals surface area contributed by atoms with Crippen LogP contribution in [0.5, 0.6) is 0 Å². The van der Waals surface area contributed by atoms with Gasteiger partial charge in [-0.2, -0.15) is 0 Å². The predicted octanol–water partition coefficient (Wildman–Crippen LogP) is 2.29. The number of aromatic nitrogens is 1. The van der Waals surface area contributed by atoms with Crippen molar-refractivity contribution in [3.05, 3.63) is 23.4 Å². The van der Waals surface area contributed by atoms with Crippen LogP contribution in [0, 0.1) is 0 Å². The van der Waals surface area contributed by atoms with Crippen molar-refractivity contribution in [3.8, 4) is 0 Å². The third kappa shape index (κ3) is 3.94. The normalized spacial score (nSPS) is 14.8. The molecule has 0 fully saturated rings. The fourth-order valence-electron chi connectivity index (χ4n) is 2.27. The van der Waals surface area contributed by atoms with Gasteiger partial charge >= 0.3 is 0 Å². The molecule has 0 aliphatic heterocycles. The van der Waals surface area contributed by atoms with Crippen LogP contribution in [0.1, 0.15) is 44.4 Å². The molecule has 0 saturated heterocycles. The van der Waals surface area contributed by atoms with E-state index in [0.29, 0.717) is 13.0 Å². The summed E-state index contributed by atoms with van der Waals surface area (Å²) in [5, 5.41) is 6.18. The van der Waals surface area contributed by atoms with Crippen LogP contribution >= 0.6 is 0 Å². The molecule has 1 aromatic rings. The van der Waals surface area contributed by atoms with Crippen molar-refractivity contribution >= 4 is 11.7 Å². The summed E-state index contributed by atoms with van der Waals surface area (Å²) >= 11 is 0. The summed E-state index contributed by atoms with van der Waals surface area (Å²) in [7, 11) is 0. The molecule has 1 amide bonds. The molecular weight excluding hydrogens is 238 g/mol. The van der Waals surface area contributed by atoms with Crippen LogP contribution < -0.4 is 10.6 Å². The Labute approximate surface area is 115 Å². The average molecular weight is 261 g/mol. The Hall–Kier alpha value is -1.58. The maximum Gasteiger partial charge on any atom is 0.221 e. The Kier molecular flexibility index (Phi) is 4.77. The number of nitrogens with zero attached hydrogens (tertiary/aromatic N) is 1. The van der Waals surface area contributed by atoms with Crippen LogP contribution in [-0.4, -0.2) is 23.5 Å². The van der Waals surface area contributed by atoms with Gasteiger partial charge in [0.2, 0.25) is 5.91 Å². The number of fused-ring (bicyclic) bond motifs is 1. The van der Waals surface area contributed by atoms with Crippen molar-refractivity contribution in [3.63, 3.8) is 0 Å². The second kappa shape index (κ2) is 6.55. The predicted molar refractivity (Wildman–Crippen MR) is 77.3 cm³/mol. The standard InChI is InChI=1S/C15H23N3O/c1-3-11(2)17-15(19)9-10-16-14-8-7-12-5-4-6-13(12)18-14/h7-8,11H,3-6,9-10H2,1-2H3,(H,16,18)(H,17,19). The summed E-state index contributed by atoms with van der Waals surface area (Å²) in [4.78, 5) is 16.2. The van der Waals surface area contributed by atoms with E-state index in [1.165, 1.54) is 17.7 Å². The van der Waals surface area contributed by atoms with Crippen molar-refractivity contribution in [2.24, 2.45) is 0 Å². The SMILES string of the molecule is CCC(C)NC(=O)CCNc1ccc2c(n1)CCC2. The zero-order chi connectivity index (χ0) is 13.7. The van der Waals surface area contributed by atoms with E-state index >= 15 is 0 Å². The lowest BCUT2D eigenvalue weighted by Crippen LogP contribution is -2.33. The van der Waals surface area contributed by atoms with E-state index in [2.05, 4.69) is 28.6 Å². The number of pyridine rings is 1. The van der Waals surface area contributed by atoms with Gasteiger partial charge in [0, 0.05) is 24.7 Å². The molecule has 19 heavy (non-hydrogen) atoms. The number of nitrogens with one attached hydrogen (secondary N) is 2. The number of anilines is 1. The van der Waals surface area contributed by atoms with Gasteiger partial charge in [-0.05, 0) is 44.2 Å². The first kappa shape index (κ1) is 13.8. The van der Waals surface area contributed by atoms with Gasteiger partial charge in [0.15, 0.2) is 0 Å². The summed E-state index contributed by atoms with van der Waals surface area (Å²) in [6.07, 6.45) is 4.90. The highest BCUT2D eigenvalue weighted by Crippen LogP contribution is 2.21. The van der Waals surface area contributed by atoms with Crippen molar-refractivity contribution < 1.29 is 4.79 Å². The number of rotatable bonds is 6. The Morgan fingerprint density at radius 3 is 3.05 bits per heavy atom. The lowest BCUT2D eigenvalue weighted by atomic mass is 10.2. The molecule has 1 atom stereocenters. The molecule has 1 aliphatic rings. The van der Waals surface area contributed by atoms with E-state index < -0.39 is 0 Å². The number of carbonyl (C=O) groups is 1. The zero-order valence-electron chi connectivity index (χ0n) is 11.8. The average Bonchev–Trinajstić information content (AvgIpc) is 2.86. The Morgan fingerprint density at radius 1 is 1.42 bits per heavy atom. The topological polar surface area (TPSA) is 54.0 Å². The van der Waals surface area contributed by atoms with Crippen LogP contribution in [0.4, 0.5) is 5.82 Å². The summed E-state index contributed by atoms with van der Waals surface area (Å²) < 4.78 is 0. The van der Waals surface area contributed by atoms with E-state index in [1.54, 1.807) is 0 Å². The molecule has 4 nitrogen and oxygen atoms in total. The third-order valence-corrected chi connectivity index (χ3v) is 3.61. The van der Waals surface area contributed by atoms with Gasteiger partial charge in [-0.25, -0.2) is 4.98 Å². The molecule has 104 valence electrons. The second-order valence-electron chi connectivity index (χ2n) is 5.21. The van der Waals surface area contributed by atoms with E-state index in [4.69, 9.17) is 0 Å². The minimum Gasteiger partial charge on any atom is -0.370 e. The highest BCUT2D eigenvalue weighted by atomic mass is 16.1. The van der Waals surface area contributed by atoms with E-state index in [0.717, 1.165) is 25.1 Å². The van der Waals surface area contributed by atoms with E-state index in [1.807, 2.05) is 13.0 Å². The van der Waals surface area contributed by atoms with Crippen molar-refractivity contribution in [1.29, 1.82) is 0 Å². The zero-order valence-corrected chi connectivity index (χ0v) is 11.8.